The molecule has 4 aliphatic carbocycles. The maximum atomic E-state index is 13.2. The summed E-state index contributed by atoms with van der Waals surface area (Å²) in [6.45, 7) is 9.92. The van der Waals surface area contributed by atoms with Crippen LogP contribution in [0.25, 0.3) is 0 Å². The summed E-state index contributed by atoms with van der Waals surface area (Å²) >= 11 is 0. The number of amides is 2. The average molecular weight is 582 g/mol. The molecule has 0 radical (unpaired) electrons. The topological polar surface area (TPSA) is 105 Å². The normalized spacial score (nSPS) is 44.6. The maximum absolute atomic E-state index is 13.2. The van der Waals surface area contributed by atoms with Gasteiger partial charge in [-0.1, -0.05) is 13.8 Å². The Balaban J connectivity index is 1.10. The molecule has 2 amide bonds. The minimum Gasteiger partial charge on any atom is -0.459 e. The molecule has 1 aromatic rings. The number of epoxide rings is 1. The third-order valence-corrected chi connectivity index (χ3v) is 12.8. The second kappa shape index (κ2) is 10.1. The first kappa shape index (κ1) is 28.4. The van der Waals surface area contributed by atoms with Crippen molar-refractivity contribution in [3.8, 4) is 0 Å². The van der Waals surface area contributed by atoms with Gasteiger partial charge in [-0.2, -0.15) is 0 Å². The van der Waals surface area contributed by atoms with E-state index in [0.717, 1.165) is 83.1 Å². The van der Waals surface area contributed by atoms with Crippen LogP contribution in [-0.2, 0) is 14.3 Å². The summed E-state index contributed by atoms with van der Waals surface area (Å²) in [5, 5.41) is 3.43. The number of fused-ring (bicyclic) bond motifs is 3. The van der Waals surface area contributed by atoms with Gasteiger partial charge in [-0.15, -0.1) is 0 Å². The van der Waals surface area contributed by atoms with Crippen molar-refractivity contribution in [2.24, 2.45) is 28.6 Å². The van der Waals surface area contributed by atoms with Crippen molar-refractivity contribution in [3.63, 3.8) is 0 Å². The molecular formula is C33H47N3O6. The predicted molar refractivity (Wildman–Crippen MR) is 156 cm³/mol. The molecule has 1 aromatic heterocycles. The summed E-state index contributed by atoms with van der Waals surface area (Å²) in [6, 6.07) is 3.67. The highest BCUT2D eigenvalue weighted by molar-refractivity contribution is 5.74. The van der Waals surface area contributed by atoms with Crippen molar-refractivity contribution < 1.29 is 23.5 Å². The van der Waals surface area contributed by atoms with Crippen LogP contribution >= 0.6 is 0 Å². The highest BCUT2D eigenvalue weighted by Gasteiger charge is 2.84. The lowest BCUT2D eigenvalue weighted by Gasteiger charge is -2.61. The number of carbonyl (C=O) groups is 2. The minimum atomic E-state index is -0.380. The Hall–Kier alpha value is -2.39. The third kappa shape index (κ3) is 4.20. The molecule has 6 aliphatic rings. The molecule has 10 atom stereocenters. The summed E-state index contributed by atoms with van der Waals surface area (Å²) < 4.78 is 18.1. The maximum Gasteiger partial charge on any atom is 0.335 e. The molecule has 3 heterocycles. The van der Waals surface area contributed by atoms with Crippen LogP contribution in [0.4, 0.5) is 4.79 Å². The molecular weight excluding hydrogens is 534 g/mol. The lowest BCUT2D eigenvalue weighted by molar-refractivity contribution is -0.156. The standard InChI is InChI=1S/C33H47N3O6/c1-20(37)41-28-27(21-6-9-26(38)40-19-21)32(3)13-11-24-25(33(32)29(28)42-33)8-7-22-18-23(10-12-31(22,24)2)34-30(39)36-15-5-14-35(4)16-17-36/h6,9,19,22-25,27-29H,5,7-8,10-18H2,1-4H3,(H,34,39)/t22-,23+,24+,25-,27+,28-,29-,31+,32-,33-/m1/s1. The number of urea groups is 1. The molecule has 1 N–H and O–H groups in total. The molecule has 4 saturated carbocycles. The van der Waals surface area contributed by atoms with Crippen LogP contribution in [0.3, 0.4) is 0 Å². The average Bonchev–Trinajstić information content (AvgIpc) is 3.69. The quantitative estimate of drug-likeness (QED) is 0.422. The van der Waals surface area contributed by atoms with Gasteiger partial charge in [0.2, 0.25) is 0 Å². The molecule has 0 aromatic carbocycles. The zero-order valence-electron chi connectivity index (χ0n) is 25.6. The SMILES string of the molecule is CC(=O)O[C@H]1[C@H]2O[C@]23[C@@H]2CC[C@@H]4C[C@@H](NC(=O)N5CCCN(C)CC5)CC[C@]4(C)[C@H]2CC[C@]3(C)[C@H]1c1ccc(=O)oc1. The van der Waals surface area contributed by atoms with Crippen LogP contribution in [0.1, 0.15) is 83.6 Å². The third-order valence-electron chi connectivity index (χ3n) is 12.8. The fourth-order valence-corrected chi connectivity index (χ4v) is 10.8. The summed E-state index contributed by atoms with van der Waals surface area (Å²) in [5.74, 6) is 1.16. The van der Waals surface area contributed by atoms with Gasteiger partial charge < -0.3 is 29.0 Å². The van der Waals surface area contributed by atoms with Crippen LogP contribution in [0.2, 0.25) is 0 Å². The number of hydrogen-bond acceptors (Lipinski definition) is 7. The molecule has 0 bridgehead atoms. The molecule has 42 heavy (non-hydrogen) atoms. The Kier molecular flexibility index (Phi) is 6.81. The van der Waals surface area contributed by atoms with Gasteiger partial charge in [0, 0.05) is 50.0 Å². The van der Waals surface area contributed by atoms with E-state index in [1.807, 2.05) is 11.0 Å². The molecule has 1 spiro atoms. The molecule has 2 aliphatic heterocycles. The van der Waals surface area contributed by atoms with Gasteiger partial charge >= 0.3 is 17.6 Å². The smallest absolute Gasteiger partial charge is 0.335 e. The Morgan fingerprint density at radius 3 is 2.62 bits per heavy atom. The largest absolute Gasteiger partial charge is 0.459 e. The van der Waals surface area contributed by atoms with Crippen LogP contribution in [-0.4, -0.2) is 78.9 Å². The fourth-order valence-electron chi connectivity index (χ4n) is 10.8. The number of nitrogens with one attached hydrogen (secondary N) is 1. The number of hydrogen-bond donors (Lipinski definition) is 1. The van der Waals surface area contributed by atoms with Crippen LogP contribution < -0.4 is 10.9 Å². The second-order valence-electron chi connectivity index (χ2n) is 14.8. The molecule has 9 heteroatoms. The lowest BCUT2D eigenvalue weighted by Crippen LogP contribution is -2.59. The van der Waals surface area contributed by atoms with Gasteiger partial charge in [0.25, 0.3) is 0 Å². The van der Waals surface area contributed by atoms with Crippen LogP contribution in [0.15, 0.2) is 27.6 Å². The van der Waals surface area contributed by atoms with E-state index >= 15 is 0 Å². The molecule has 6 fully saturated rings. The van der Waals surface area contributed by atoms with E-state index in [4.69, 9.17) is 13.9 Å². The van der Waals surface area contributed by atoms with Gasteiger partial charge in [-0.05, 0) is 99.8 Å². The summed E-state index contributed by atoms with van der Waals surface area (Å²) in [4.78, 5) is 41.6. The van der Waals surface area contributed by atoms with E-state index < -0.39 is 0 Å². The number of ether oxygens (including phenoxy) is 2. The fraction of sp³-hybridized carbons (Fsp3) is 0.788. The number of rotatable bonds is 3. The highest BCUT2D eigenvalue weighted by Crippen LogP contribution is 2.78. The van der Waals surface area contributed by atoms with E-state index in [2.05, 4.69) is 31.1 Å². The van der Waals surface area contributed by atoms with Crippen molar-refractivity contribution in [2.75, 3.05) is 33.2 Å². The van der Waals surface area contributed by atoms with Crippen molar-refractivity contribution in [1.82, 2.24) is 15.1 Å². The highest BCUT2D eigenvalue weighted by atomic mass is 16.7. The minimum absolute atomic E-state index is 0.0688. The lowest BCUT2D eigenvalue weighted by atomic mass is 9.44. The Labute approximate surface area is 248 Å². The monoisotopic (exact) mass is 581 g/mol. The van der Waals surface area contributed by atoms with Gasteiger partial charge in [-0.3, -0.25) is 4.79 Å². The van der Waals surface area contributed by atoms with Crippen molar-refractivity contribution in [1.29, 1.82) is 0 Å². The van der Waals surface area contributed by atoms with Crippen molar-refractivity contribution in [3.05, 3.63) is 34.4 Å². The first-order valence-electron chi connectivity index (χ1n) is 16.2. The van der Waals surface area contributed by atoms with Gasteiger partial charge in [-0.25, -0.2) is 9.59 Å². The number of carbonyl (C=O) groups excluding carboxylic acids is 2. The predicted octanol–water partition coefficient (Wildman–Crippen LogP) is 4.15. The summed E-state index contributed by atoms with van der Waals surface area (Å²) in [6.07, 6.45) is 9.61. The molecule has 9 nitrogen and oxygen atoms in total. The summed E-state index contributed by atoms with van der Waals surface area (Å²) in [5.41, 5.74) is 0.216. The van der Waals surface area contributed by atoms with Gasteiger partial charge in [0.1, 0.15) is 17.8 Å². The van der Waals surface area contributed by atoms with E-state index in [-0.39, 0.29) is 58.2 Å². The van der Waals surface area contributed by atoms with Crippen LogP contribution in [0, 0.1) is 28.6 Å². The Bertz CT molecular complexity index is 1280. The number of likely N-dealkylation sites (N-methyl/N-ethyl adjacent to an activating group) is 1. The van der Waals surface area contributed by atoms with Crippen molar-refractivity contribution >= 4 is 12.0 Å². The summed E-state index contributed by atoms with van der Waals surface area (Å²) in [7, 11) is 2.13. The first-order valence-corrected chi connectivity index (χ1v) is 16.2. The molecule has 0 unspecified atom stereocenters. The van der Waals surface area contributed by atoms with Crippen molar-refractivity contribution in [2.45, 2.75) is 102 Å². The van der Waals surface area contributed by atoms with Crippen LogP contribution in [0.5, 0.6) is 0 Å². The Morgan fingerprint density at radius 2 is 1.86 bits per heavy atom. The van der Waals surface area contributed by atoms with E-state index in [1.165, 1.54) is 13.0 Å². The van der Waals surface area contributed by atoms with E-state index in [0.29, 0.717) is 17.8 Å². The first-order chi connectivity index (χ1) is 20.1. The molecule has 230 valence electrons. The van der Waals surface area contributed by atoms with Gasteiger partial charge in [0.15, 0.2) is 0 Å². The zero-order chi connectivity index (χ0) is 29.4. The van der Waals surface area contributed by atoms with E-state index in [9.17, 15) is 14.4 Å². The Morgan fingerprint density at radius 1 is 1.02 bits per heavy atom. The molecule has 2 saturated heterocycles. The van der Waals surface area contributed by atoms with Gasteiger partial charge in [0.05, 0.1) is 6.26 Å². The second-order valence-corrected chi connectivity index (χ2v) is 14.8. The number of nitrogens with zero attached hydrogens (tertiary/aromatic N) is 2. The number of esters is 1. The van der Waals surface area contributed by atoms with E-state index in [1.54, 1.807) is 6.26 Å². The molecule has 7 rings (SSSR count). The zero-order valence-corrected chi connectivity index (χ0v) is 25.6.